The fourth-order valence-corrected chi connectivity index (χ4v) is 5.80. The Morgan fingerprint density at radius 1 is 1.23 bits per heavy atom. The van der Waals surface area contributed by atoms with Gasteiger partial charge in [0.15, 0.2) is 0 Å². The Morgan fingerprint density at radius 3 is 2.55 bits per heavy atom. The molecule has 5 rings (SSSR count). The quantitative estimate of drug-likeness (QED) is 0.263. The summed E-state index contributed by atoms with van der Waals surface area (Å²) in [5.74, 6) is 1.31. The molecule has 1 amide bonds. The highest BCUT2D eigenvalue weighted by atomic mass is 35.5. The Kier molecular flexibility index (Phi) is 10.1. The second kappa shape index (κ2) is 13.3. The molecule has 1 aromatic carbocycles. The van der Waals surface area contributed by atoms with Gasteiger partial charge in [0, 0.05) is 6.20 Å². The average Bonchev–Trinajstić information content (AvgIpc) is 3.64. The number of rotatable bonds is 10. The molecule has 0 bridgehead atoms. The largest absolute Gasteiger partial charge is 0.475 e. The molecule has 2 saturated carbocycles. The van der Waals surface area contributed by atoms with E-state index in [1.165, 1.54) is 32.1 Å². The van der Waals surface area contributed by atoms with Gasteiger partial charge in [-0.25, -0.2) is 4.99 Å². The lowest BCUT2D eigenvalue weighted by molar-refractivity contribution is -0.113. The van der Waals surface area contributed by atoms with Crippen molar-refractivity contribution >= 4 is 46.4 Å². The van der Waals surface area contributed by atoms with E-state index >= 15 is 0 Å². The smallest absolute Gasteiger partial charge is 0.258 e. The van der Waals surface area contributed by atoms with Crippen LogP contribution in [0.15, 0.2) is 47.0 Å². The molecule has 2 heterocycles. The minimum Gasteiger partial charge on any atom is -0.475 e. The lowest BCUT2D eigenvalue weighted by Gasteiger charge is -2.49. The van der Waals surface area contributed by atoms with Gasteiger partial charge in [0.2, 0.25) is 11.8 Å². The molecule has 2 aliphatic carbocycles. The maximum absolute atomic E-state index is 13.1. The van der Waals surface area contributed by atoms with E-state index in [0.29, 0.717) is 44.6 Å². The topological polar surface area (TPSA) is 92.6 Å². The van der Waals surface area contributed by atoms with Crippen molar-refractivity contribution in [3.63, 3.8) is 0 Å². The maximum atomic E-state index is 13.1. The Labute approximate surface area is 247 Å². The molecule has 0 saturated heterocycles. The van der Waals surface area contributed by atoms with Gasteiger partial charge in [-0.1, -0.05) is 76.7 Å². The molecule has 40 heavy (non-hydrogen) atoms. The van der Waals surface area contributed by atoms with E-state index in [0.717, 1.165) is 24.4 Å². The summed E-state index contributed by atoms with van der Waals surface area (Å²) in [5.41, 5.74) is 2.04. The van der Waals surface area contributed by atoms with Crippen LogP contribution in [0.3, 0.4) is 0 Å². The SMILES string of the molecule is CC.CCC(C)CC1(CC)CC(n2cc(NC3=NCC(C(=O)Nc4c(Cl)cccc4Cl)=C(OC4CC4)N3)cn2)C1. The number of carbonyl (C=O) groups is 1. The standard InChI is InChI=1S/C28H36Cl2N6O2.C2H6/c1-4-17(3)11-28(5-2)12-19(13-28)36-16-18(14-32-36)33-27-31-15-21(26(35-27)38-20-9-10-20)25(37)34-24-22(29)7-6-8-23(24)30;1-2/h6-8,14,16-17,19-20H,4-5,9-13,15H2,1-3H3,(H,34,37)(H2,31,33,35);1-2H3. The highest BCUT2D eigenvalue weighted by Crippen LogP contribution is 2.54. The van der Waals surface area contributed by atoms with Crippen molar-refractivity contribution in [2.75, 3.05) is 17.2 Å². The summed E-state index contributed by atoms with van der Waals surface area (Å²) in [5, 5.41) is 14.6. The van der Waals surface area contributed by atoms with Gasteiger partial charge in [-0.2, -0.15) is 5.10 Å². The zero-order valence-corrected chi connectivity index (χ0v) is 25.7. The van der Waals surface area contributed by atoms with E-state index in [9.17, 15) is 4.79 Å². The molecular weight excluding hydrogens is 547 g/mol. The van der Waals surface area contributed by atoms with Crippen LogP contribution in [0, 0.1) is 11.3 Å². The lowest BCUT2D eigenvalue weighted by Crippen LogP contribution is -2.39. The second-order valence-corrected chi connectivity index (χ2v) is 11.7. The van der Waals surface area contributed by atoms with Crippen molar-refractivity contribution in [2.24, 2.45) is 16.3 Å². The Bertz CT molecular complexity index is 1230. The molecule has 1 aliphatic heterocycles. The number of ether oxygens (including phenoxy) is 1. The normalized spacial score (nSPS) is 22.7. The second-order valence-electron chi connectivity index (χ2n) is 10.9. The number of halogens is 2. The molecule has 1 atom stereocenters. The summed E-state index contributed by atoms with van der Waals surface area (Å²) >= 11 is 12.5. The Morgan fingerprint density at radius 2 is 1.93 bits per heavy atom. The maximum Gasteiger partial charge on any atom is 0.258 e. The number of para-hydroxylation sites is 1. The third-order valence-electron chi connectivity index (χ3n) is 7.99. The predicted molar refractivity (Wildman–Crippen MR) is 164 cm³/mol. The van der Waals surface area contributed by atoms with E-state index in [2.05, 4.69) is 51.5 Å². The minimum atomic E-state index is -0.361. The summed E-state index contributed by atoms with van der Waals surface area (Å²) < 4.78 is 8.12. The van der Waals surface area contributed by atoms with Gasteiger partial charge < -0.3 is 15.4 Å². The summed E-state index contributed by atoms with van der Waals surface area (Å²) in [4.78, 5) is 17.7. The zero-order valence-electron chi connectivity index (χ0n) is 24.2. The van der Waals surface area contributed by atoms with E-state index in [1.54, 1.807) is 18.2 Å². The highest BCUT2D eigenvalue weighted by molar-refractivity contribution is 6.40. The number of amides is 1. The molecule has 1 aromatic heterocycles. The highest BCUT2D eigenvalue weighted by Gasteiger charge is 2.44. The number of anilines is 2. The van der Waals surface area contributed by atoms with Crippen LogP contribution in [-0.4, -0.2) is 34.3 Å². The van der Waals surface area contributed by atoms with Crippen molar-refractivity contribution in [2.45, 2.75) is 91.7 Å². The van der Waals surface area contributed by atoms with Crippen molar-refractivity contribution in [1.82, 2.24) is 15.1 Å². The molecule has 3 N–H and O–H groups in total. The first kappa shape index (κ1) is 30.3. The molecule has 10 heteroatoms. The van der Waals surface area contributed by atoms with E-state index in [4.69, 9.17) is 27.9 Å². The van der Waals surface area contributed by atoms with E-state index < -0.39 is 0 Å². The summed E-state index contributed by atoms with van der Waals surface area (Å²) in [7, 11) is 0. The number of nitrogens with zero attached hydrogens (tertiary/aromatic N) is 3. The number of aliphatic imine (C=N–C) groups is 1. The van der Waals surface area contributed by atoms with Crippen LogP contribution in [0.25, 0.3) is 0 Å². The molecule has 8 nitrogen and oxygen atoms in total. The van der Waals surface area contributed by atoms with Crippen molar-refractivity contribution < 1.29 is 9.53 Å². The third kappa shape index (κ3) is 7.13. The van der Waals surface area contributed by atoms with Gasteiger partial charge >= 0.3 is 0 Å². The molecular formula is C30H42Cl2N6O2. The van der Waals surface area contributed by atoms with Gasteiger partial charge in [0.1, 0.15) is 6.10 Å². The number of nitrogens with one attached hydrogen (secondary N) is 3. The summed E-state index contributed by atoms with van der Waals surface area (Å²) in [6, 6.07) is 5.51. The van der Waals surface area contributed by atoms with Crippen molar-refractivity contribution in [1.29, 1.82) is 0 Å². The van der Waals surface area contributed by atoms with Crippen LogP contribution >= 0.6 is 23.2 Å². The monoisotopic (exact) mass is 588 g/mol. The Balaban J connectivity index is 0.00000181. The fraction of sp³-hybridized carbons (Fsp3) is 0.567. The number of hydrogen-bond acceptors (Lipinski definition) is 6. The van der Waals surface area contributed by atoms with Crippen molar-refractivity contribution in [3.05, 3.63) is 52.1 Å². The van der Waals surface area contributed by atoms with Crippen LogP contribution < -0.4 is 16.0 Å². The summed E-state index contributed by atoms with van der Waals surface area (Å²) in [6.07, 6.45) is 11.9. The van der Waals surface area contributed by atoms with Gasteiger partial charge in [-0.3, -0.25) is 14.8 Å². The first-order valence-corrected chi connectivity index (χ1v) is 15.3. The van der Waals surface area contributed by atoms with E-state index in [-0.39, 0.29) is 18.6 Å². The number of carbonyl (C=O) groups excluding carboxylic acids is 1. The number of aromatic nitrogens is 2. The van der Waals surface area contributed by atoms with Crippen LogP contribution in [0.2, 0.25) is 10.0 Å². The van der Waals surface area contributed by atoms with Gasteiger partial charge in [0.25, 0.3) is 5.91 Å². The first-order valence-electron chi connectivity index (χ1n) is 14.6. The van der Waals surface area contributed by atoms with E-state index in [1.807, 2.05) is 26.2 Å². The van der Waals surface area contributed by atoms with Crippen LogP contribution in [0.5, 0.6) is 0 Å². The van der Waals surface area contributed by atoms with Gasteiger partial charge in [0.05, 0.1) is 45.8 Å². The number of benzene rings is 1. The van der Waals surface area contributed by atoms with Crippen LogP contribution in [-0.2, 0) is 9.53 Å². The Hall–Kier alpha value is -2.71. The number of hydrogen-bond donors (Lipinski definition) is 3. The molecule has 2 aromatic rings. The van der Waals surface area contributed by atoms with Crippen LogP contribution in [0.4, 0.5) is 11.4 Å². The molecule has 0 spiro atoms. The molecule has 0 radical (unpaired) electrons. The van der Waals surface area contributed by atoms with Crippen molar-refractivity contribution in [3.8, 4) is 0 Å². The fourth-order valence-electron chi connectivity index (χ4n) is 5.31. The molecule has 3 aliphatic rings. The average molecular weight is 590 g/mol. The minimum absolute atomic E-state index is 0.0965. The van der Waals surface area contributed by atoms with Gasteiger partial charge in [-0.15, -0.1) is 0 Å². The lowest BCUT2D eigenvalue weighted by atomic mass is 9.60. The number of guanidine groups is 1. The third-order valence-corrected chi connectivity index (χ3v) is 8.62. The summed E-state index contributed by atoms with van der Waals surface area (Å²) in [6.45, 7) is 11.1. The molecule has 2 fully saturated rings. The molecule has 1 unspecified atom stereocenters. The predicted octanol–water partition coefficient (Wildman–Crippen LogP) is 7.78. The van der Waals surface area contributed by atoms with Crippen LogP contribution in [0.1, 0.15) is 85.6 Å². The molecule has 218 valence electrons. The van der Waals surface area contributed by atoms with Gasteiger partial charge in [-0.05, 0) is 55.6 Å². The first-order chi connectivity index (χ1) is 19.3. The zero-order chi connectivity index (χ0) is 28.9.